The molecule has 22 heavy (non-hydrogen) atoms. The van der Waals surface area contributed by atoms with Crippen LogP contribution in [0.5, 0.6) is 5.75 Å². The number of halogens is 1. The first-order chi connectivity index (χ1) is 10.4. The first kappa shape index (κ1) is 16.5. The smallest absolute Gasteiger partial charge is 0.262 e. The minimum absolute atomic E-state index is 0.0445. The van der Waals surface area contributed by atoms with E-state index in [2.05, 4.69) is 47.0 Å². The van der Waals surface area contributed by atoms with Crippen LogP contribution in [0.4, 0.5) is 5.69 Å². The summed E-state index contributed by atoms with van der Waals surface area (Å²) in [6.07, 6.45) is 1.65. The summed E-state index contributed by atoms with van der Waals surface area (Å²) in [5.41, 5.74) is 1.86. The van der Waals surface area contributed by atoms with E-state index in [9.17, 15) is 4.79 Å². The number of amides is 1. The van der Waals surface area contributed by atoms with E-state index in [-0.39, 0.29) is 17.9 Å². The molecule has 5 heteroatoms. The highest BCUT2D eigenvalue weighted by Crippen LogP contribution is 2.29. The minimum atomic E-state index is -0.201. The number of ether oxygens (including phenoxy) is 1. The molecule has 0 radical (unpaired) electrons. The maximum absolute atomic E-state index is 12.1. The quantitative estimate of drug-likeness (QED) is 0.830. The van der Waals surface area contributed by atoms with Crippen molar-refractivity contribution in [2.24, 2.45) is 0 Å². The van der Waals surface area contributed by atoms with Crippen LogP contribution in [0.3, 0.4) is 0 Å². The average Bonchev–Trinajstić information content (AvgIpc) is 2.46. The van der Waals surface area contributed by atoms with Crippen molar-refractivity contribution in [1.29, 1.82) is 0 Å². The van der Waals surface area contributed by atoms with Gasteiger partial charge >= 0.3 is 0 Å². The number of carbonyl (C=O) groups excluding carboxylic acids is 1. The van der Waals surface area contributed by atoms with Crippen LogP contribution in [0.25, 0.3) is 0 Å². The van der Waals surface area contributed by atoms with Gasteiger partial charge in [0.15, 0.2) is 12.4 Å². The third-order valence-electron chi connectivity index (χ3n) is 3.09. The second-order valence-corrected chi connectivity index (χ2v) is 6.68. The number of nitrogens with zero attached hydrogens (tertiary/aromatic N) is 1. The van der Waals surface area contributed by atoms with E-state index in [1.54, 1.807) is 18.3 Å². The fourth-order valence-corrected chi connectivity index (χ4v) is 2.42. The lowest BCUT2D eigenvalue weighted by atomic mass is 9.86. The number of benzene rings is 1. The van der Waals surface area contributed by atoms with Crippen LogP contribution in [-0.2, 0) is 10.2 Å². The van der Waals surface area contributed by atoms with Gasteiger partial charge in [-0.2, -0.15) is 0 Å². The van der Waals surface area contributed by atoms with Gasteiger partial charge in [-0.25, -0.2) is 4.98 Å². The monoisotopic (exact) mass is 362 g/mol. The molecule has 4 nitrogen and oxygen atoms in total. The number of hydrogen-bond donors (Lipinski definition) is 1. The molecule has 0 aliphatic heterocycles. The molecule has 0 atom stereocenters. The summed E-state index contributed by atoms with van der Waals surface area (Å²) in [7, 11) is 0. The van der Waals surface area contributed by atoms with Crippen LogP contribution < -0.4 is 10.1 Å². The molecule has 0 fully saturated rings. The Morgan fingerprint density at radius 2 is 1.95 bits per heavy atom. The van der Waals surface area contributed by atoms with E-state index in [1.165, 1.54) is 0 Å². The molecule has 0 aliphatic carbocycles. The predicted molar refractivity (Wildman–Crippen MR) is 91.2 cm³/mol. The lowest BCUT2D eigenvalue weighted by molar-refractivity contribution is -0.118. The minimum Gasteiger partial charge on any atom is -0.481 e. The zero-order valence-electron chi connectivity index (χ0n) is 12.9. The van der Waals surface area contributed by atoms with Crippen molar-refractivity contribution in [1.82, 2.24) is 4.98 Å². The number of anilines is 1. The van der Waals surface area contributed by atoms with E-state index < -0.39 is 0 Å². The number of pyridine rings is 1. The zero-order valence-corrected chi connectivity index (χ0v) is 14.5. The summed E-state index contributed by atoms with van der Waals surface area (Å²) in [4.78, 5) is 16.2. The largest absolute Gasteiger partial charge is 0.481 e. The van der Waals surface area contributed by atoms with Gasteiger partial charge in [0.25, 0.3) is 5.91 Å². The topological polar surface area (TPSA) is 51.2 Å². The SMILES string of the molecule is CC(C)(C)c1ccccc1NC(=O)COc1cccnc1Br. The fourth-order valence-electron chi connectivity index (χ4n) is 2.05. The van der Waals surface area contributed by atoms with Crippen LogP contribution in [0.2, 0.25) is 0 Å². The molecule has 0 aliphatic rings. The molecule has 2 aromatic rings. The van der Waals surface area contributed by atoms with Crippen molar-refractivity contribution in [2.45, 2.75) is 26.2 Å². The molecular weight excluding hydrogens is 344 g/mol. The molecule has 0 unspecified atom stereocenters. The van der Waals surface area contributed by atoms with Crippen LogP contribution in [0.15, 0.2) is 47.2 Å². The first-order valence-corrected chi connectivity index (χ1v) is 7.80. The highest BCUT2D eigenvalue weighted by atomic mass is 79.9. The maximum Gasteiger partial charge on any atom is 0.262 e. The van der Waals surface area contributed by atoms with Crippen LogP contribution in [-0.4, -0.2) is 17.5 Å². The Labute approximate surface area is 139 Å². The zero-order chi connectivity index (χ0) is 16.2. The third kappa shape index (κ3) is 4.31. The van der Waals surface area contributed by atoms with Gasteiger partial charge in [0, 0.05) is 11.9 Å². The van der Waals surface area contributed by atoms with Crippen molar-refractivity contribution in [3.63, 3.8) is 0 Å². The highest BCUT2D eigenvalue weighted by molar-refractivity contribution is 9.10. The Balaban J connectivity index is 2.03. The Morgan fingerprint density at radius 3 is 2.64 bits per heavy atom. The molecule has 2 rings (SSSR count). The van der Waals surface area contributed by atoms with E-state index in [1.807, 2.05) is 24.3 Å². The Hall–Kier alpha value is -1.88. The second kappa shape index (κ2) is 6.92. The summed E-state index contributed by atoms with van der Waals surface area (Å²) in [5, 5.41) is 2.91. The summed E-state index contributed by atoms with van der Waals surface area (Å²) in [5.74, 6) is 0.342. The highest BCUT2D eigenvalue weighted by Gasteiger charge is 2.18. The van der Waals surface area contributed by atoms with Crippen LogP contribution in [0, 0.1) is 0 Å². The maximum atomic E-state index is 12.1. The van der Waals surface area contributed by atoms with E-state index in [0.29, 0.717) is 10.4 Å². The molecule has 0 spiro atoms. The van der Waals surface area contributed by atoms with Crippen molar-refractivity contribution in [2.75, 3.05) is 11.9 Å². The van der Waals surface area contributed by atoms with Crippen LogP contribution in [0.1, 0.15) is 26.3 Å². The first-order valence-electron chi connectivity index (χ1n) is 7.00. The molecule has 116 valence electrons. The number of nitrogens with one attached hydrogen (secondary N) is 1. The molecule has 1 heterocycles. The summed E-state index contributed by atoms with van der Waals surface area (Å²) < 4.78 is 6.06. The van der Waals surface area contributed by atoms with E-state index >= 15 is 0 Å². The van der Waals surface area contributed by atoms with Gasteiger partial charge in [-0.1, -0.05) is 39.0 Å². The molecule has 1 amide bonds. The van der Waals surface area contributed by atoms with Gasteiger partial charge in [0.1, 0.15) is 4.60 Å². The predicted octanol–water partition coefficient (Wildman–Crippen LogP) is 4.16. The fraction of sp³-hybridized carbons (Fsp3) is 0.294. The molecule has 1 aromatic heterocycles. The van der Waals surface area contributed by atoms with Gasteiger partial charge in [-0.3, -0.25) is 4.79 Å². The van der Waals surface area contributed by atoms with Crippen molar-refractivity contribution in [3.8, 4) is 5.75 Å². The van der Waals surface area contributed by atoms with Crippen molar-refractivity contribution in [3.05, 3.63) is 52.8 Å². The average molecular weight is 363 g/mol. The molecule has 0 bridgehead atoms. The normalized spacial score (nSPS) is 11.1. The van der Waals surface area contributed by atoms with Crippen LogP contribution >= 0.6 is 15.9 Å². The molecule has 1 N–H and O–H groups in total. The van der Waals surface area contributed by atoms with E-state index in [4.69, 9.17) is 4.74 Å². The third-order valence-corrected chi connectivity index (χ3v) is 3.69. The number of aromatic nitrogens is 1. The molecular formula is C17H19BrN2O2. The lowest BCUT2D eigenvalue weighted by Gasteiger charge is -2.23. The summed E-state index contributed by atoms with van der Waals surface area (Å²) >= 11 is 3.28. The van der Waals surface area contributed by atoms with E-state index in [0.717, 1.165) is 11.3 Å². The summed E-state index contributed by atoms with van der Waals surface area (Å²) in [6.45, 7) is 6.27. The number of para-hydroxylation sites is 1. The Kier molecular flexibility index (Phi) is 5.19. The van der Waals surface area contributed by atoms with Gasteiger partial charge in [0.05, 0.1) is 0 Å². The van der Waals surface area contributed by atoms with Gasteiger partial charge in [-0.05, 0) is 45.1 Å². The Morgan fingerprint density at radius 1 is 1.23 bits per heavy atom. The summed E-state index contributed by atoms with van der Waals surface area (Å²) in [6, 6.07) is 11.3. The number of rotatable bonds is 4. The Bertz CT molecular complexity index is 666. The number of carbonyl (C=O) groups is 1. The second-order valence-electron chi connectivity index (χ2n) is 5.92. The van der Waals surface area contributed by atoms with Gasteiger partial charge in [0.2, 0.25) is 0 Å². The number of hydrogen-bond acceptors (Lipinski definition) is 3. The van der Waals surface area contributed by atoms with Gasteiger partial charge < -0.3 is 10.1 Å². The lowest BCUT2D eigenvalue weighted by Crippen LogP contribution is -2.23. The standard InChI is InChI=1S/C17H19BrN2O2/c1-17(2,3)12-7-4-5-8-13(12)20-15(21)11-22-14-9-6-10-19-16(14)18/h4-10H,11H2,1-3H3,(H,20,21). The van der Waals surface area contributed by atoms with Crippen molar-refractivity contribution >= 4 is 27.5 Å². The van der Waals surface area contributed by atoms with Crippen molar-refractivity contribution < 1.29 is 9.53 Å². The molecule has 0 saturated carbocycles. The van der Waals surface area contributed by atoms with Gasteiger partial charge in [-0.15, -0.1) is 0 Å². The molecule has 0 saturated heterocycles. The molecule has 1 aromatic carbocycles.